The molecule has 0 amide bonds. The molecule has 3 nitrogen and oxygen atoms in total. The quantitative estimate of drug-likeness (QED) is 0.719. The summed E-state index contributed by atoms with van der Waals surface area (Å²) in [6, 6.07) is 3.73. The minimum Gasteiger partial charge on any atom is -0.504 e. The Bertz CT molecular complexity index is 483. The number of benzene rings is 1. The van der Waals surface area contributed by atoms with Gasteiger partial charge in [0.2, 0.25) is 0 Å². The average molecular weight is 232 g/mol. The number of aliphatic hydroxyl groups excluding tert-OH is 1. The first-order valence-corrected chi connectivity index (χ1v) is 6.45. The van der Waals surface area contributed by atoms with Crippen molar-refractivity contribution in [1.82, 2.24) is 0 Å². The van der Waals surface area contributed by atoms with Gasteiger partial charge in [0.25, 0.3) is 0 Å². The lowest BCUT2D eigenvalue weighted by molar-refractivity contribution is -0.0131. The van der Waals surface area contributed by atoms with Gasteiger partial charge in [-0.2, -0.15) is 0 Å². The summed E-state index contributed by atoms with van der Waals surface area (Å²) >= 11 is 0. The molecule has 0 spiro atoms. The van der Waals surface area contributed by atoms with Crippen LogP contribution < -0.4 is 4.74 Å². The number of phenols is 1. The molecule has 4 rings (SSSR count). The van der Waals surface area contributed by atoms with E-state index in [9.17, 15) is 10.2 Å². The van der Waals surface area contributed by atoms with Gasteiger partial charge in [0, 0.05) is 11.5 Å². The van der Waals surface area contributed by atoms with E-state index >= 15 is 0 Å². The highest BCUT2D eigenvalue weighted by Gasteiger charge is 2.49. The molecular formula is C14H16O3. The van der Waals surface area contributed by atoms with Crippen molar-refractivity contribution in [2.75, 3.05) is 0 Å². The third-order valence-electron chi connectivity index (χ3n) is 4.71. The molecule has 2 unspecified atom stereocenters. The molecule has 1 aromatic rings. The van der Waals surface area contributed by atoms with Crippen LogP contribution in [0.2, 0.25) is 0 Å². The molecule has 1 fully saturated rings. The number of rotatable bonds is 0. The van der Waals surface area contributed by atoms with Crippen molar-refractivity contribution in [2.24, 2.45) is 5.92 Å². The van der Waals surface area contributed by atoms with Crippen molar-refractivity contribution in [1.29, 1.82) is 0 Å². The Morgan fingerprint density at radius 2 is 2.06 bits per heavy atom. The molecule has 0 bridgehead atoms. The Balaban J connectivity index is 1.92. The maximum atomic E-state index is 10.1. The van der Waals surface area contributed by atoms with Crippen LogP contribution >= 0.6 is 0 Å². The predicted octanol–water partition coefficient (Wildman–Crippen LogP) is 1.95. The fourth-order valence-electron chi connectivity index (χ4n) is 3.93. The van der Waals surface area contributed by atoms with Crippen LogP contribution in [-0.4, -0.2) is 22.4 Å². The van der Waals surface area contributed by atoms with Gasteiger partial charge in [-0.3, -0.25) is 0 Å². The zero-order chi connectivity index (χ0) is 11.6. The van der Waals surface area contributed by atoms with Crippen LogP contribution in [0.5, 0.6) is 11.5 Å². The summed E-state index contributed by atoms with van der Waals surface area (Å²) in [5.41, 5.74) is 2.49. The average Bonchev–Trinajstić information content (AvgIpc) is 2.75. The van der Waals surface area contributed by atoms with Crippen LogP contribution in [0.15, 0.2) is 12.1 Å². The summed E-state index contributed by atoms with van der Waals surface area (Å²) in [5.74, 6) is 1.80. The van der Waals surface area contributed by atoms with Crippen molar-refractivity contribution >= 4 is 0 Å². The summed E-state index contributed by atoms with van der Waals surface area (Å²) in [6.07, 6.45) is 3.67. The topological polar surface area (TPSA) is 49.7 Å². The van der Waals surface area contributed by atoms with Crippen molar-refractivity contribution in [3.63, 3.8) is 0 Å². The summed E-state index contributed by atoms with van der Waals surface area (Å²) in [4.78, 5) is 0. The van der Waals surface area contributed by atoms with Crippen LogP contribution in [0.3, 0.4) is 0 Å². The molecule has 17 heavy (non-hydrogen) atoms. The second-order valence-corrected chi connectivity index (χ2v) is 5.54. The standard InChI is InChI=1S/C14H16O3/c15-9-5-3-7-1-2-8-4-6-10(16)14-12(8)11(7)13(9)17-14/h3,5,8,10,12,14-16H,1-2,4,6H2/t8?,10-,12?,14-/m1/s1. The Labute approximate surface area is 100 Å². The molecule has 90 valence electrons. The molecule has 1 aromatic carbocycles. The molecule has 2 aliphatic carbocycles. The first-order chi connectivity index (χ1) is 8.25. The van der Waals surface area contributed by atoms with Crippen LogP contribution in [0.25, 0.3) is 0 Å². The zero-order valence-corrected chi connectivity index (χ0v) is 9.60. The molecule has 0 saturated heterocycles. The smallest absolute Gasteiger partial charge is 0.165 e. The molecule has 1 aliphatic heterocycles. The molecule has 1 saturated carbocycles. The molecule has 1 heterocycles. The number of aryl methyl sites for hydroxylation is 1. The van der Waals surface area contributed by atoms with Crippen LogP contribution in [0.4, 0.5) is 0 Å². The van der Waals surface area contributed by atoms with Crippen LogP contribution in [-0.2, 0) is 6.42 Å². The van der Waals surface area contributed by atoms with Crippen molar-refractivity contribution in [3.8, 4) is 11.5 Å². The van der Waals surface area contributed by atoms with Crippen molar-refractivity contribution < 1.29 is 14.9 Å². The predicted molar refractivity (Wildman–Crippen MR) is 62.3 cm³/mol. The second-order valence-electron chi connectivity index (χ2n) is 5.54. The van der Waals surface area contributed by atoms with Gasteiger partial charge in [0.15, 0.2) is 11.5 Å². The van der Waals surface area contributed by atoms with Crippen LogP contribution in [0, 0.1) is 5.92 Å². The van der Waals surface area contributed by atoms with E-state index in [2.05, 4.69) is 0 Å². The van der Waals surface area contributed by atoms with Gasteiger partial charge < -0.3 is 14.9 Å². The van der Waals surface area contributed by atoms with Gasteiger partial charge in [-0.05, 0) is 43.2 Å². The van der Waals surface area contributed by atoms with Gasteiger partial charge in [0.05, 0.1) is 6.10 Å². The maximum absolute atomic E-state index is 10.1. The fourth-order valence-corrected chi connectivity index (χ4v) is 3.93. The van der Waals surface area contributed by atoms with Crippen molar-refractivity contribution in [3.05, 3.63) is 23.3 Å². The Morgan fingerprint density at radius 3 is 2.94 bits per heavy atom. The second kappa shape index (κ2) is 3.16. The maximum Gasteiger partial charge on any atom is 0.165 e. The lowest BCUT2D eigenvalue weighted by atomic mass is 9.67. The molecule has 3 heteroatoms. The first kappa shape index (κ1) is 9.77. The normalized spacial score (nSPS) is 37.5. The fraction of sp³-hybridized carbons (Fsp3) is 0.571. The Morgan fingerprint density at radius 1 is 1.18 bits per heavy atom. The third kappa shape index (κ3) is 1.15. The van der Waals surface area contributed by atoms with Gasteiger partial charge in [-0.1, -0.05) is 6.07 Å². The molecule has 0 aromatic heterocycles. The van der Waals surface area contributed by atoms with E-state index in [0.29, 0.717) is 17.6 Å². The van der Waals surface area contributed by atoms with Gasteiger partial charge in [-0.15, -0.1) is 0 Å². The number of ether oxygens (including phenoxy) is 1. The van der Waals surface area contributed by atoms with E-state index in [1.54, 1.807) is 6.07 Å². The number of phenolic OH excluding ortho intramolecular Hbond substituents is 1. The largest absolute Gasteiger partial charge is 0.504 e. The molecule has 4 atom stereocenters. The lowest BCUT2D eigenvalue weighted by Gasteiger charge is -2.38. The first-order valence-electron chi connectivity index (χ1n) is 6.45. The highest BCUT2D eigenvalue weighted by molar-refractivity contribution is 5.56. The molecular weight excluding hydrogens is 216 g/mol. The molecule has 2 N–H and O–H groups in total. The monoisotopic (exact) mass is 232 g/mol. The summed E-state index contributed by atoms with van der Waals surface area (Å²) < 4.78 is 5.85. The number of hydrogen-bond acceptors (Lipinski definition) is 3. The van der Waals surface area contributed by atoms with E-state index in [-0.39, 0.29) is 18.0 Å². The van der Waals surface area contributed by atoms with Gasteiger partial charge in [0.1, 0.15) is 6.10 Å². The molecule has 0 radical (unpaired) electrons. The third-order valence-corrected chi connectivity index (χ3v) is 4.71. The highest BCUT2D eigenvalue weighted by Crippen LogP contribution is 2.56. The summed E-state index contributed by atoms with van der Waals surface area (Å²) in [6.45, 7) is 0. The SMILES string of the molecule is Oc1ccc2c3c1O[C@H]1C3C(CC2)CC[C@H]1O. The van der Waals surface area contributed by atoms with E-state index < -0.39 is 0 Å². The zero-order valence-electron chi connectivity index (χ0n) is 9.60. The molecule has 3 aliphatic rings. The number of aromatic hydroxyl groups is 1. The van der Waals surface area contributed by atoms with Gasteiger partial charge >= 0.3 is 0 Å². The summed E-state index contributed by atoms with van der Waals surface area (Å²) in [7, 11) is 0. The van der Waals surface area contributed by atoms with E-state index in [1.165, 1.54) is 17.5 Å². The van der Waals surface area contributed by atoms with Gasteiger partial charge in [-0.25, -0.2) is 0 Å². The number of hydrogen-bond donors (Lipinski definition) is 2. The lowest BCUT2D eigenvalue weighted by Crippen LogP contribution is -2.42. The minimum atomic E-state index is -0.381. The number of aliphatic hydroxyl groups is 1. The Kier molecular flexibility index (Phi) is 1.82. The van der Waals surface area contributed by atoms with E-state index in [0.717, 1.165) is 19.3 Å². The minimum absolute atomic E-state index is 0.129. The van der Waals surface area contributed by atoms with E-state index in [1.807, 2.05) is 6.07 Å². The highest BCUT2D eigenvalue weighted by atomic mass is 16.5. The van der Waals surface area contributed by atoms with Crippen LogP contribution in [0.1, 0.15) is 36.3 Å². The Hall–Kier alpha value is -1.22. The summed E-state index contributed by atoms with van der Waals surface area (Å²) in [5, 5.41) is 20.0. The van der Waals surface area contributed by atoms with E-state index in [4.69, 9.17) is 4.74 Å². The van der Waals surface area contributed by atoms with Crippen molar-refractivity contribution in [2.45, 2.75) is 43.8 Å².